The zero-order valence-corrected chi connectivity index (χ0v) is 17.7. The lowest BCUT2D eigenvalue weighted by molar-refractivity contribution is -0.385. The number of nitrogens with zero attached hydrogens (tertiary/aromatic N) is 2. The Balaban J connectivity index is 1.38. The van der Waals surface area contributed by atoms with Crippen molar-refractivity contribution < 1.29 is 28.8 Å². The van der Waals surface area contributed by atoms with Crippen molar-refractivity contribution in [2.45, 2.75) is 31.2 Å². The number of carbonyl (C=O) groups is 3. The van der Waals surface area contributed by atoms with Crippen LogP contribution in [0.4, 0.5) is 5.69 Å². The van der Waals surface area contributed by atoms with E-state index in [1.807, 2.05) is 18.2 Å². The molecule has 3 amide bonds. The van der Waals surface area contributed by atoms with Gasteiger partial charge in [-0.2, -0.15) is 0 Å². The molecule has 170 valence electrons. The highest BCUT2D eigenvalue weighted by molar-refractivity contribution is 6.24. The van der Waals surface area contributed by atoms with Crippen LogP contribution in [0.5, 0.6) is 11.5 Å². The molecule has 0 unspecified atom stereocenters. The number of hydrogen-bond acceptors (Lipinski definition) is 7. The van der Waals surface area contributed by atoms with Gasteiger partial charge in [0.25, 0.3) is 17.5 Å². The van der Waals surface area contributed by atoms with Gasteiger partial charge in [0, 0.05) is 6.07 Å². The molecule has 5 rings (SSSR count). The van der Waals surface area contributed by atoms with Crippen molar-refractivity contribution in [1.82, 2.24) is 10.2 Å². The molecule has 1 saturated carbocycles. The summed E-state index contributed by atoms with van der Waals surface area (Å²) in [6, 6.07) is 9.45. The standard InChI is InChI=1S/C23H21N3O7/c27-19(13-25-21(28)15-4-3-5-16(26(30)31)20(15)22(25)29)24-23(8-1-2-9-23)14-6-7-17-18(12-14)33-11-10-32-17/h3-7,12H,1-2,8-11,13H2,(H,24,27). The van der Waals surface area contributed by atoms with Crippen LogP contribution in [-0.2, 0) is 10.3 Å². The molecule has 0 saturated heterocycles. The first kappa shape index (κ1) is 20.9. The molecule has 33 heavy (non-hydrogen) atoms. The van der Waals surface area contributed by atoms with E-state index in [2.05, 4.69) is 5.32 Å². The number of amides is 3. The lowest BCUT2D eigenvalue weighted by Crippen LogP contribution is -2.49. The van der Waals surface area contributed by atoms with Crippen molar-refractivity contribution in [2.75, 3.05) is 19.8 Å². The SMILES string of the molecule is O=C(CN1C(=O)c2cccc([N+](=O)[O-])c2C1=O)NC1(c2ccc3c(c2)OCCO3)CCCC1. The number of nitrogens with one attached hydrogen (secondary N) is 1. The fourth-order valence-corrected chi connectivity index (χ4v) is 4.87. The molecule has 2 aromatic carbocycles. The number of nitro groups is 1. The molecular formula is C23H21N3O7. The largest absolute Gasteiger partial charge is 0.486 e. The van der Waals surface area contributed by atoms with Gasteiger partial charge in [-0.15, -0.1) is 0 Å². The molecule has 2 aromatic rings. The van der Waals surface area contributed by atoms with Crippen LogP contribution in [0.15, 0.2) is 36.4 Å². The maximum atomic E-state index is 13.0. The first-order valence-electron chi connectivity index (χ1n) is 10.7. The average molecular weight is 451 g/mol. The summed E-state index contributed by atoms with van der Waals surface area (Å²) >= 11 is 0. The summed E-state index contributed by atoms with van der Waals surface area (Å²) in [6.45, 7) is 0.407. The predicted octanol–water partition coefficient (Wildman–Crippen LogP) is 2.55. The summed E-state index contributed by atoms with van der Waals surface area (Å²) in [6.07, 6.45) is 3.22. The molecule has 3 aliphatic rings. The van der Waals surface area contributed by atoms with Crippen LogP contribution < -0.4 is 14.8 Å². The Labute approximate surface area is 188 Å². The minimum Gasteiger partial charge on any atom is -0.486 e. The number of rotatable bonds is 5. The van der Waals surface area contributed by atoms with E-state index in [4.69, 9.17) is 9.47 Å². The van der Waals surface area contributed by atoms with Gasteiger partial charge in [0.2, 0.25) is 5.91 Å². The van der Waals surface area contributed by atoms with E-state index < -0.39 is 40.4 Å². The van der Waals surface area contributed by atoms with Crippen LogP contribution >= 0.6 is 0 Å². The van der Waals surface area contributed by atoms with Gasteiger partial charge in [-0.1, -0.05) is 25.0 Å². The summed E-state index contributed by atoms with van der Waals surface area (Å²) in [5.74, 6) is -0.793. The summed E-state index contributed by atoms with van der Waals surface area (Å²) < 4.78 is 11.3. The third-order valence-corrected chi connectivity index (χ3v) is 6.41. The van der Waals surface area contributed by atoms with E-state index in [9.17, 15) is 24.5 Å². The molecule has 1 N–H and O–H groups in total. The number of nitro benzene ring substituents is 1. The predicted molar refractivity (Wildman–Crippen MR) is 114 cm³/mol. The molecular weight excluding hydrogens is 430 g/mol. The minimum absolute atomic E-state index is 0.0654. The molecule has 0 spiro atoms. The normalized spacial score (nSPS) is 18.2. The van der Waals surface area contributed by atoms with Crippen LogP contribution in [0.3, 0.4) is 0 Å². The lowest BCUT2D eigenvalue weighted by atomic mass is 9.87. The Hall–Kier alpha value is -3.95. The van der Waals surface area contributed by atoms with Crippen molar-refractivity contribution in [2.24, 2.45) is 0 Å². The smallest absolute Gasteiger partial charge is 0.282 e. The van der Waals surface area contributed by atoms with E-state index >= 15 is 0 Å². The van der Waals surface area contributed by atoms with Gasteiger partial charge in [0.15, 0.2) is 11.5 Å². The quantitative estimate of drug-likeness (QED) is 0.420. The second-order valence-corrected chi connectivity index (χ2v) is 8.35. The zero-order valence-electron chi connectivity index (χ0n) is 17.7. The Morgan fingerprint density at radius 2 is 1.79 bits per heavy atom. The first-order chi connectivity index (χ1) is 15.9. The maximum absolute atomic E-state index is 13.0. The average Bonchev–Trinajstić information content (AvgIpc) is 3.38. The van der Waals surface area contributed by atoms with Crippen molar-refractivity contribution in [3.05, 3.63) is 63.2 Å². The highest BCUT2D eigenvalue weighted by Gasteiger charge is 2.43. The van der Waals surface area contributed by atoms with Gasteiger partial charge in [-0.25, -0.2) is 0 Å². The molecule has 10 heteroatoms. The van der Waals surface area contributed by atoms with Crippen molar-refractivity contribution in [3.63, 3.8) is 0 Å². The molecule has 2 aliphatic heterocycles. The van der Waals surface area contributed by atoms with Gasteiger partial charge in [0.1, 0.15) is 25.3 Å². The third kappa shape index (κ3) is 3.47. The Morgan fingerprint density at radius 3 is 2.52 bits per heavy atom. The Kier molecular flexibility index (Phi) is 4.99. The first-order valence-corrected chi connectivity index (χ1v) is 10.7. The second kappa shape index (κ2) is 7.88. The number of ether oxygens (including phenoxy) is 2. The van der Waals surface area contributed by atoms with E-state index in [-0.39, 0.29) is 11.1 Å². The van der Waals surface area contributed by atoms with E-state index in [1.165, 1.54) is 18.2 Å². The van der Waals surface area contributed by atoms with Gasteiger partial charge < -0.3 is 14.8 Å². The monoisotopic (exact) mass is 451 g/mol. The second-order valence-electron chi connectivity index (χ2n) is 8.35. The van der Waals surface area contributed by atoms with Crippen molar-refractivity contribution in [1.29, 1.82) is 0 Å². The van der Waals surface area contributed by atoms with Crippen LogP contribution in [0.25, 0.3) is 0 Å². The summed E-state index contributed by atoms with van der Waals surface area (Å²) in [5.41, 5.74) is -0.572. The van der Waals surface area contributed by atoms with Gasteiger partial charge in [0.05, 0.1) is 16.0 Å². The Bertz CT molecular complexity index is 1190. The molecule has 1 fully saturated rings. The molecule has 0 bridgehead atoms. The van der Waals surface area contributed by atoms with Crippen molar-refractivity contribution in [3.8, 4) is 11.5 Å². The van der Waals surface area contributed by atoms with Gasteiger partial charge >= 0.3 is 0 Å². The molecule has 0 radical (unpaired) electrons. The fourth-order valence-electron chi connectivity index (χ4n) is 4.87. The van der Waals surface area contributed by atoms with Gasteiger partial charge in [-0.3, -0.25) is 29.4 Å². The van der Waals surface area contributed by atoms with E-state index in [0.29, 0.717) is 37.6 Å². The topological polar surface area (TPSA) is 128 Å². The fraction of sp³-hybridized carbons (Fsp3) is 0.348. The summed E-state index contributed by atoms with van der Waals surface area (Å²) in [5, 5.41) is 14.3. The van der Waals surface area contributed by atoms with Crippen LogP contribution in [0.1, 0.15) is 52.0 Å². The van der Waals surface area contributed by atoms with Crippen LogP contribution in [0, 0.1) is 10.1 Å². The minimum atomic E-state index is -0.836. The van der Waals surface area contributed by atoms with E-state index in [1.54, 1.807) is 0 Å². The zero-order chi connectivity index (χ0) is 23.2. The lowest BCUT2D eigenvalue weighted by Gasteiger charge is -2.32. The number of imide groups is 1. The third-order valence-electron chi connectivity index (χ3n) is 6.41. The molecule has 10 nitrogen and oxygen atoms in total. The van der Waals surface area contributed by atoms with Crippen LogP contribution in [-0.4, -0.2) is 47.3 Å². The number of hydrogen-bond donors (Lipinski definition) is 1. The Morgan fingerprint density at radius 1 is 1.06 bits per heavy atom. The molecule has 0 aromatic heterocycles. The highest BCUT2D eigenvalue weighted by atomic mass is 16.6. The summed E-state index contributed by atoms with van der Waals surface area (Å²) in [4.78, 5) is 49.9. The number of carbonyl (C=O) groups excluding carboxylic acids is 3. The maximum Gasteiger partial charge on any atom is 0.282 e. The molecule has 2 heterocycles. The van der Waals surface area contributed by atoms with Crippen LogP contribution in [0.2, 0.25) is 0 Å². The molecule has 1 aliphatic carbocycles. The van der Waals surface area contributed by atoms with E-state index in [0.717, 1.165) is 23.3 Å². The molecule has 0 atom stereocenters. The number of fused-ring (bicyclic) bond motifs is 2. The summed E-state index contributed by atoms with van der Waals surface area (Å²) in [7, 11) is 0. The van der Waals surface area contributed by atoms with Gasteiger partial charge in [-0.05, 0) is 36.6 Å². The number of benzene rings is 2. The highest BCUT2D eigenvalue weighted by Crippen LogP contribution is 2.42. The van der Waals surface area contributed by atoms with Crippen molar-refractivity contribution >= 4 is 23.4 Å².